The van der Waals surface area contributed by atoms with Gasteiger partial charge in [0.05, 0.1) is 24.6 Å². The van der Waals surface area contributed by atoms with E-state index < -0.39 is 0 Å². The van der Waals surface area contributed by atoms with Crippen molar-refractivity contribution in [1.29, 1.82) is 0 Å². The van der Waals surface area contributed by atoms with Crippen LogP contribution in [-0.4, -0.2) is 53.4 Å². The molecule has 1 aliphatic heterocycles. The summed E-state index contributed by atoms with van der Waals surface area (Å²) >= 11 is 6.07. The summed E-state index contributed by atoms with van der Waals surface area (Å²) in [6, 6.07) is 14.8. The third-order valence-corrected chi connectivity index (χ3v) is 5.83. The second-order valence-electron chi connectivity index (χ2n) is 7.44. The third kappa shape index (κ3) is 4.63. The topological polar surface area (TPSA) is 76.5 Å². The molecule has 2 aromatic carbocycles. The smallest absolute Gasteiger partial charge is 0.274 e. The van der Waals surface area contributed by atoms with Gasteiger partial charge in [0.25, 0.3) is 11.5 Å². The molecular weight excluding hydrogens is 416 g/mol. The van der Waals surface area contributed by atoms with Crippen LogP contribution in [0.5, 0.6) is 0 Å². The van der Waals surface area contributed by atoms with Gasteiger partial charge in [0.2, 0.25) is 0 Å². The van der Waals surface area contributed by atoms with Crippen molar-refractivity contribution in [2.24, 2.45) is 0 Å². The maximum Gasteiger partial charge on any atom is 0.274 e. The van der Waals surface area contributed by atoms with Crippen LogP contribution in [0.4, 0.5) is 0 Å². The van der Waals surface area contributed by atoms with Gasteiger partial charge in [-0.15, -0.1) is 0 Å². The zero-order chi connectivity index (χ0) is 21.8. The van der Waals surface area contributed by atoms with E-state index in [0.717, 1.165) is 18.7 Å². The molecule has 1 saturated heterocycles. The van der Waals surface area contributed by atoms with Gasteiger partial charge in [0.1, 0.15) is 0 Å². The first-order valence-electron chi connectivity index (χ1n) is 10.4. The van der Waals surface area contributed by atoms with E-state index in [2.05, 4.69) is 15.3 Å². The number of carbonyl (C=O) groups is 1. The number of halogens is 1. The van der Waals surface area contributed by atoms with Crippen molar-refractivity contribution >= 4 is 28.3 Å². The molecule has 2 heterocycles. The SMILES string of the molecule is CCn1nc(C(=O)NCC(c2ccc(Cl)cc2)N2CCOCC2)c2ccccc2c1=O. The number of carbonyl (C=O) groups excluding carboxylic acids is 1. The predicted molar refractivity (Wildman–Crippen MR) is 121 cm³/mol. The van der Waals surface area contributed by atoms with Crippen molar-refractivity contribution in [3.63, 3.8) is 0 Å². The lowest BCUT2D eigenvalue weighted by molar-refractivity contribution is 0.0162. The van der Waals surface area contributed by atoms with Crippen LogP contribution in [0.25, 0.3) is 10.8 Å². The first kappa shape index (κ1) is 21.5. The Morgan fingerprint density at radius 3 is 2.48 bits per heavy atom. The zero-order valence-electron chi connectivity index (χ0n) is 17.4. The van der Waals surface area contributed by atoms with Gasteiger partial charge in [-0.05, 0) is 30.7 Å². The summed E-state index contributed by atoms with van der Waals surface area (Å²) in [6.07, 6.45) is 0. The van der Waals surface area contributed by atoms with Crippen LogP contribution in [0.3, 0.4) is 0 Å². The van der Waals surface area contributed by atoms with E-state index in [1.165, 1.54) is 4.68 Å². The Balaban J connectivity index is 1.61. The number of hydrogen-bond donors (Lipinski definition) is 1. The van der Waals surface area contributed by atoms with Crippen LogP contribution in [0.15, 0.2) is 53.3 Å². The fourth-order valence-corrected chi connectivity index (χ4v) is 4.05. The molecule has 1 amide bonds. The second-order valence-corrected chi connectivity index (χ2v) is 7.88. The highest BCUT2D eigenvalue weighted by Crippen LogP contribution is 2.23. The molecular formula is C23H25ClN4O3. The quantitative estimate of drug-likeness (QED) is 0.637. The molecule has 1 N–H and O–H groups in total. The molecule has 4 rings (SSSR count). The number of rotatable bonds is 6. The fraction of sp³-hybridized carbons (Fsp3) is 0.348. The van der Waals surface area contributed by atoms with Crippen LogP contribution in [0.1, 0.15) is 29.0 Å². The first-order valence-corrected chi connectivity index (χ1v) is 10.8. The molecule has 0 bridgehead atoms. The van der Waals surface area contributed by atoms with E-state index in [1.807, 2.05) is 31.2 Å². The maximum atomic E-state index is 13.2. The summed E-state index contributed by atoms with van der Waals surface area (Å²) < 4.78 is 6.82. The standard InChI is InChI=1S/C23H25ClN4O3/c1-2-28-23(30)19-6-4-3-5-18(19)21(26-28)22(29)25-15-20(27-11-13-31-14-12-27)16-7-9-17(24)10-8-16/h3-10,20H,2,11-15H2,1H3,(H,25,29). The van der Waals surface area contributed by atoms with Crippen LogP contribution < -0.4 is 10.9 Å². The number of amides is 1. The third-order valence-electron chi connectivity index (χ3n) is 5.58. The van der Waals surface area contributed by atoms with E-state index in [9.17, 15) is 9.59 Å². The molecule has 1 unspecified atom stereocenters. The second kappa shape index (κ2) is 9.60. The molecule has 1 aliphatic rings. The van der Waals surface area contributed by atoms with Gasteiger partial charge in [0, 0.05) is 36.6 Å². The van der Waals surface area contributed by atoms with Gasteiger partial charge in [-0.3, -0.25) is 14.5 Å². The average Bonchev–Trinajstić information content (AvgIpc) is 2.81. The van der Waals surface area contributed by atoms with Gasteiger partial charge >= 0.3 is 0 Å². The van der Waals surface area contributed by atoms with Gasteiger partial charge < -0.3 is 10.1 Å². The predicted octanol–water partition coefficient (Wildman–Crippen LogP) is 2.87. The highest BCUT2D eigenvalue weighted by Gasteiger charge is 2.24. The number of aryl methyl sites for hydroxylation is 1. The summed E-state index contributed by atoms with van der Waals surface area (Å²) in [6.45, 7) is 5.51. The molecule has 7 nitrogen and oxygen atoms in total. The molecule has 162 valence electrons. The number of nitrogens with one attached hydrogen (secondary N) is 1. The molecule has 8 heteroatoms. The van der Waals surface area contributed by atoms with Gasteiger partial charge in [-0.1, -0.05) is 41.9 Å². The minimum Gasteiger partial charge on any atom is -0.379 e. The summed E-state index contributed by atoms with van der Waals surface area (Å²) in [5.74, 6) is -0.300. The van der Waals surface area contributed by atoms with Gasteiger partial charge in [0.15, 0.2) is 5.69 Å². The fourth-order valence-electron chi connectivity index (χ4n) is 3.92. The number of aromatic nitrogens is 2. The number of morpholine rings is 1. The molecule has 1 fully saturated rings. The zero-order valence-corrected chi connectivity index (χ0v) is 18.1. The van der Waals surface area contributed by atoms with Crippen LogP contribution in [-0.2, 0) is 11.3 Å². The number of hydrogen-bond acceptors (Lipinski definition) is 5. The Hall–Kier alpha value is -2.74. The molecule has 0 spiro atoms. The molecule has 0 aliphatic carbocycles. The number of nitrogens with zero attached hydrogens (tertiary/aromatic N) is 3. The molecule has 1 aromatic heterocycles. The largest absolute Gasteiger partial charge is 0.379 e. The summed E-state index contributed by atoms with van der Waals surface area (Å²) in [5.41, 5.74) is 1.14. The summed E-state index contributed by atoms with van der Waals surface area (Å²) in [4.78, 5) is 28.0. The monoisotopic (exact) mass is 440 g/mol. The highest BCUT2D eigenvalue weighted by atomic mass is 35.5. The van der Waals surface area contributed by atoms with Crippen LogP contribution in [0, 0.1) is 0 Å². The lowest BCUT2D eigenvalue weighted by atomic mass is 10.0. The van der Waals surface area contributed by atoms with Crippen molar-refractivity contribution in [3.8, 4) is 0 Å². The van der Waals surface area contributed by atoms with Crippen molar-refractivity contribution < 1.29 is 9.53 Å². The molecule has 31 heavy (non-hydrogen) atoms. The molecule has 0 saturated carbocycles. The van der Waals surface area contributed by atoms with E-state index in [0.29, 0.717) is 42.1 Å². The number of benzene rings is 2. The molecule has 3 aromatic rings. The number of ether oxygens (including phenoxy) is 1. The van der Waals surface area contributed by atoms with Crippen molar-refractivity contribution in [3.05, 3.63) is 75.2 Å². The van der Waals surface area contributed by atoms with Crippen LogP contribution in [0.2, 0.25) is 5.02 Å². The minimum absolute atomic E-state index is 0.0199. The van der Waals surface area contributed by atoms with E-state index >= 15 is 0 Å². The highest BCUT2D eigenvalue weighted by molar-refractivity contribution is 6.30. The van der Waals surface area contributed by atoms with Crippen molar-refractivity contribution in [2.75, 3.05) is 32.8 Å². The van der Waals surface area contributed by atoms with E-state index in [-0.39, 0.29) is 23.2 Å². The Bertz CT molecular complexity index is 1120. The van der Waals surface area contributed by atoms with Gasteiger partial charge in [-0.2, -0.15) is 5.10 Å². The lowest BCUT2D eigenvalue weighted by Crippen LogP contribution is -2.44. The Kier molecular flexibility index (Phi) is 6.65. The van der Waals surface area contributed by atoms with Gasteiger partial charge in [-0.25, -0.2) is 4.68 Å². The Morgan fingerprint density at radius 2 is 1.81 bits per heavy atom. The minimum atomic E-state index is -0.300. The Morgan fingerprint density at radius 1 is 1.13 bits per heavy atom. The van der Waals surface area contributed by atoms with E-state index in [1.54, 1.807) is 24.3 Å². The summed E-state index contributed by atoms with van der Waals surface area (Å²) in [7, 11) is 0. The summed E-state index contributed by atoms with van der Waals surface area (Å²) in [5, 5.41) is 9.10. The normalized spacial score (nSPS) is 15.7. The molecule has 0 radical (unpaired) electrons. The van der Waals surface area contributed by atoms with E-state index in [4.69, 9.17) is 16.3 Å². The van der Waals surface area contributed by atoms with Crippen LogP contribution >= 0.6 is 11.6 Å². The number of fused-ring (bicyclic) bond motifs is 1. The first-order chi connectivity index (χ1) is 15.1. The van der Waals surface area contributed by atoms with Crippen molar-refractivity contribution in [1.82, 2.24) is 20.0 Å². The Labute approximate surface area is 185 Å². The maximum absolute atomic E-state index is 13.2. The lowest BCUT2D eigenvalue weighted by Gasteiger charge is -2.35. The molecule has 1 atom stereocenters. The average molecular weight is 441 g/mol. The van der Waals surface area contributed by atoms with Crippen molar-refractivity contribution in [2.45, 2.75) is 19.5 Å².